The molecule has 138 valence electrons. The second-order valence-corrected chi connectivity index (χ2v) is 6.64. The summed E-state index contributed by atoms with van der Waals surface area (Å²) in [5, 5.41) is 5.33. The van der Waals surface area contributed by atoms with E-state index in [1.165, 1.54) is 5.56 Å². The van der Waals surface area contributed by atoms with Gasteiger partial charge in [0.25, 0.3) is 0 Å². The van der Waals surface area contributed by atoms with E-state index < -0.39 is 11.8 Å². The summed E-state index contributed by atoms with van der Waals surface area (Å²) in [7, 11) is 0. The molecule has 1 aromatic rings. The molecule has 6 nitrogen and oxygen atoms in total. The van der Waals surface area contributed by atoms with Crippen molar-refractivity contribution in [1.82, 2.24) is 15.5 Å². The molecule has 1 saturated heterocycles. The number of carbonyl (C=O) groups is 2. The molecule has 2 amide bonds. The maximum Gasteiger partial charge on any atom is 0.309 e. The Bertz CT molecular complexity index is 552. The van der Waals surface area contributed by atoms with Crippen molar-refractivity contribution in [3.63, 3.8) is 0 Å². The normalized spacial score (nSPS) is 15.2. The van der Waals surface area contributed by atoms with Crippen molar-refractivity contribution in [2.45, 2.75) is 32.7 Å². The Hall–Kier alpha value is -1.92. The van der Waals surface area contributed by atoms with E-state index in [4.69, 9.17) is 4.74 Å². The van der Waals surface area contributed by atoms with Crippen molar-refractivity contribution in [3.8, 4) is 0 Å². The first-order valence-electron chi connectivity index (χ1n) is 9.01. The molecule has 1 aliphatic rings. The van der Waals surface area contributed by atoms with Gasteiger partial charge in [0.05, 0.1) is 13.2 Å². The zero-order chi connectivity index (χ0) is 18.1. The molecule has 1 heterocycles. The Labute approximate surface area is 149 Å². The maximum absolute atomic E-state index is 11.8. The molecular formula is C19H29N3O3. The second kappa shape index (κ2) is 10.2. The van der Waals surface area contributed by atoms with E-state index in [0.29, 0.717) is 19.0 Å². The molecule has 2 rings (SSSR count). The Morgan fingerprint density at radius 1 is 1.08 bits per heavy atom. The first-order chi connectivity index (χ1) is 12.1. The third-order valence-electron chi connectivity index (χ3n) is 4.35. The van der Waals surface area contributed by atoms with Gasteiger partial charge in [0.1, 0.15) is 0 Å². The monoisotopic (exact) mass is 347 g/mol. The van der Waals surface area contributed by atoms with E-state index in [1.54, 1.807) is 0 Å². The summed E-state index contributed by atoms with van der Waals surface area (Å²) in [6, 6.07) is 8.07. The summed E-state index contributed by atoms with van der Waals surface area (Å²) in [5.41, 5.74) is 2.24. The molecule has 25 heavy (non-hydrogen) atoms. The van der Waals surface area contributed by atoms with Gasteiger partial charge in [0, 0.05) is 26.2 Å². The van der Waals surface area contributed by atoms with Crippen LogP contribution >= 0.6 is 0 Å². The Morgan fingerprint density at radius 2 is 1.72 bits per heavy atom. The van der Waals surface area contributed by atoms with Crippen molar-refractivity contribution in [2.24, 2.45) is 0 Å². The van der Waals surface area contributed by atoms with Gasteiger partial charge in [-0.3, -0.25) is 14.5 Å². The van der Waals surface area contributed by atoms with Crippen molar-refractivity contribution in [2.75, 3.05) is 39.4 Å². The first-order valence-corrected chi connectivity index (χ1v) is 9.01. The Kier molecular flexibility index (Phi) is 7.88. The summed E-state index contributed by atoms with van der Waals surface area (Å²) in [6.45, 7) is 9.47. The van der Waals surface area contributed by atoms with Gasteiger partial charge in [-0.15, -0.1) is 0 Å². The molecule has 0 unspecified atom stereocenters. The number of amides is 2. The lowest BCUT2D eigenvalue weighted by Gasteiger charge is -2.26. The first kappa shape index (κ1) is 19.4. The number of hydrogen-bond acceptors (Lipinski definition) is 4. The summed E-state index contributed by atoms with van der Waals surface area (Å²) in [6.07, 6.45) is 0.829. The zero-order valence-corrected chi connectivity index (χ0v) is 15.2. The van der Waals surface area contributed by atoms with E-state index in [2.05, 4.69) is 41.5 Å². The van der Waals surface area contributed by atoms with E-state index in [9.17, 15) is 9.59 Å². The fourth-order valence-electron chi connectivity index (χ4n) is 2.69. The lowest BCUT2D eigenvalue weighted by Crippen LogP contribution is -2.41. The van der Waals surface area contributed by atoms with Gasteiger partial charge in [-0.25, -0.2) is 0 Å². The molecule has 0 saturated carbocycles. The molecule has 0 aliphatic carbocycles. The van der Waals surface area contributed by atoms with Crippen molar-refractivity contribution >= 4 is 11.8 Å². The highest BCUT2D eigenvalue weighted by molar-refractivity contribution is 6.35. The SMILES string of the molecule is CC(C)c1ccc(CNC(=O)C(=O)NCCCN2CCOCC2)cc1. The quantitative estimate of drug-likeness (QED) is 0.576. The number of nitrogens with one attached hydrogen (secondary N) is 2. The standard InChI is InChI=1S/C19H29N3O3/c1-15(2)17-6-4-16(5-7-17)14-21-19(24)18(23)20-8-3-9-22-10-12-25-13-11-22/h4-7,15H,3,8-14H2,1-2H3,(H,20,23)(H,21,24). The van der Waals surface area contributed by atoms with Gasteiger partial charge in [-0.05, 0) is 30.0 Å². The molecule has 2 N–H and O–H groups in total. The smallest absolute Gasteiger partial charge is 0.309 e. The van der Waals surface area contributed by atoms with Crippen molar-refractivity contribution in [3.05, 3.63) is 35.4 Å². The minimum Gasteiger partial charge on any atom is -0.379 e. The van der Waals surface area contributed by atoms with Crippen LogP contribution in [0.2, 0.25) is 0 Å². The molecule has 1 fully saturated rings. The number of morpholine rings is 1. The third kappa shape index (κ3) is 6.84. The Balaban J connectivity index is 1.61. The second-order valence-electron chi connectivity index (χ2n) is 6.64. The number of hydrogen-bond donors (Lipinski definition) is 2. The van der Waals surface area contributed by atoms with Crippen LogP contribution in [-0.4, -0.2) is 56.1 Å². The van der Waals surface area contributed by atoms with Crippen LogP contribution < -0.4 is 10.6 Å². The Morgan fingerprint density at radius 3 is 2.36 bits per heavy atom. The molecule has 1 aromatic carbocycles. The van der Waals surface area contributed by atoms with Gasteiger partial charge in [-0.2, -0.15) is 0 Å². The number of ether oxygens (including phenoxy) is 1. The minimum atomic E-state index is -0.584. The van der Waals surface area contributed by atoms with Crippen molar-refractivity contribution < 1.29 is 14.3 Å². The fourth-order valence-corrected chi connectivity index (χ4v) is 2.69. The van der Waals surface area contributed by atoms with Gasteiger partial charge >= 0.3 is 11.8 Å². The van der Waals surface area contributed by atoms with Crippen LogP contribution in [0.15, 0.2) is 24.3 Å². The van der Waals surface area contributed by atoms with Gasteiger partial charge in [-0.1, -0.05) is 38.1 Å². The van der Waals surface area contributed by atoms with E-state index in [1.807, 2.05) is 12.1 Å². The fraction of sp³-hybridized carbons (Fsp3) is 0.579. The predicted molar refractivity (Wildman–Crippen MR) is 97.3 cm³/mol. The van der Waals surface area contributed by atoms with Gasteiger partial charge in [0.2, 0.25) is 0 Å². The summed E-state index contributed by atoms with van der Waals surface area (Å²) < 4.78 is 5.29. The average Bonchev–Trinajstić information content (AvgIpc) is 2.64. The summed E-state index contributed by atoms with van der Waals surface area (Å²) >= 11 is 0. The number of rotatable bonds is 7. The highest BCUT2D eigenvalue weighted by Gasteiger charge is 2.13. The van der Waals surface area contributed by atoms with Gasteiger partial charge in [0.15, 0.2) is 0 Å². The number of nitrogens with zero attached hydrogens (tertiary/aromatic N) is 1. The van der Waals surface area contributed by atoms with Gasteiger partial charge < -0.3 is 15.4 Å². The van der Waals surface area contributed by atoms with Crippen LogP contribution in [0.4, 0.5) is 0 Å². The summed E-state index contributed by atoms with van der Waals surface area (Å²) in [4.78, 5) is 25.9. The minimum absolute atomic E-state index is 0.360. The molecule has 1 aliphatic heterocycles. The number of benzene rings is 1. The largest absolute Gasteiger partial charge is 0.379 e. The number of carbonyl (C=O) groups excluding carboxylic acids is 2. The molecular weight excluding hydrogens is 318 g/mol. The highest BCUT2D eigenvalue weighted by atomic mass is 16.5. The molecule has 0 atom stereocenters. The third-order valence-corrected chi connectivity index (χ3v) is 4.35. The van der Waals surface area contributed by atoms with Crippen LogP contribution in [-0.2, 0) is 20.9 Å². The predicted octanol–water partition coefficient (Wildman–Crippen LogP) is 1.26. The van der Waals surface area contributed by atoms with Crippen LogP contribution in [0.3, 0.4) is 0 Å². The molecule has 0 aromatic heterocycles. The summed E-state index contributed by atoms with van der Waals surface area (Å²) in [5.74, 6) is -0.674. The molecule has 0 radical (unpaired) electrons. The molecule has 0 spiro atoms. The topological polar surface area (TPSA) is 70.7 Å². The van der Waals surface area contributed by atoms with E-state index in [-0.39, 0.29) is 0 Å². The van der Waals surface area contributed by atoms with Crippen LogP contribution in [0.5, 0.6) is 0 Å². The van der Waals surface area contributed by atoms with E-state index in [0.717, 1.165) is 44.8 Å². The molecule has 0 bridgehead atoms. The average molecular weight is 347 g/mol. The maximum atomic E-state index is 11.8. The lowest BCUT2D eigenvalue weighted by atomic mass is 10.0. The zero-order valence-electron chi connectivity index (χ0n) is 15.2. The van der Waals surface area contributed by atoms with Crippen LogP contribution in [0.1, 0.15) is 37.3 Å². The highest BCUT2D eigenvalue weighted by Crippen LogP contribution is 2.14. The van der Waals surface area contributed by atoms with Crippen LogP contribution in [0.25, 0.3) is 0 Å². The van der Waals surface area contributed by atoms with E-state index >= 15 is 0 Å². The van der Waals surface area contributed by atoms with Crippen LogP contribution in [0, 0.1) is 0 Å². The molecule has 6 heteroatoms. The lowest BCUT2D eigenvalue weighted by molar-refractivity contribution is -0.139. The van der Waals surface area contributed by atoms with Crippen molar-refractivity contribution in [1.29, 1.82) is 0 Å².